The third-order valence-electron chi connectivity index (χ3n) is 7.46. The van der Waals surface area contributed by atoms with Crippen molar-refractivity contribution in [1.82, 2.24) is 24.8 Å². The molecule has 0 bridgehead atoms. The van der Waals surface area contributed by atoms with E-state index in [-0.39, 0.29) is 13.2 Å². The van der Waals surface area contributed by atoms with Crippen LogP contribution in [0.1, 0.15) is 57.8 Å². The van der Waals surface area contributed by atoms with Crippen molar-refractivity contribution in [3.05, 3.63) is 0 Å². The van der Waals surface area contributed by atoms with Gasteiger partial charge in [-0.25, -0.2) is 4.98 Å². The Kier molecular flexibility index (Phi) is 8.10. The first-order valence-corrected chi connectivity index (χ1v) is 13.6. The van der Waals surface area contributed by atoms with Crippen molar-refractivity contribution in [2.75, 3.05) is 80.3 Å². The number of hydrogen-bond donors (Lipinski definition) is 2. The molecule has 35 heavy (non-hydrogen) atoms. The Balaban J connectivity index is 1.69. The third kappa shape index (κ3) is 5.44. The largest absolute Gasteiger partial charge is 0.390 e. The first-order chi connectivity index (χ1) is 17.3. The van der Waals surface area contributed by atoms with Crippen molar-refractivity contribution in [2.24, 2.45) is 0 Å². The summed E-state index contributed by atoms with van der Waals surface area (Å²) in [5, 5.41) is 19.3. The molecule has 3 fully saturated rings. The van der Waals surface area contributed by atoms with Crippen molar-refractivity contribution < 1.29 is 10.2 Å². The number of aromatic nitrogens is 4. The van der Waals surface area contributed by atoms with Crippen LogP contribution in [0, 0.1) is 0 Å². The van der Waals surface area contributed by atoms with E-state index in [0.29, 0.717) is 19.0 Å². The summed E-state index contributed by atoms with van der Waals surface area (Å²) in [6, 6.07) is 0. The molecule has 10 nitrogen and oxygen atoms in total. The van der Waals surface area contributed by atoms with Gasteiger partial charge >= 0.3 is 5.95 Å². The Morgan fingerprint density at radius 2 is 1.00 bits per heavy atom. The molecule has 191 valence electrons. The fourth-order valence-electron chi connectivity index (χ4n) is 5.55. The van der Waals surface area contributed by atoms with Crippen LogP contribution in [0.2, 0.25) is 0 Å². The Hall–Kier alpha value is -2.30. The van der Waals surface area contributed by atoms with Gasteiger partial charge in [-0.15, -0.1) is 0 Å². The molecule has 0 amide bonds. The second-order valence-corrected chi connectivity index (χ2v) is 9.97. The number of anilines is 4. The average molecular weight is 485 g/mol. The Morgan fingerprint density at radius 3 is 1.51 bits per heavy atom. The number of piperidine rings is 3. The molecule has 0 aliphatic carbocycles. The van der Waals surface area contributed by atoms with Crippen LogP contribution in [0.4, 0.5) is 23.5 Å². The van der Waals surface area contributed by atoms with Gasteiger partial charge in [0.05, 0.1) is 13.2 Å². The minimum atomic E-state index is -0.0240. The van der Waals surface area contributed by atoms with Gasteiger partial charge in [-0.3, -0.25) is 0 Å². The van der Waals surface area contributed by atoms with Gasteiger partial charge < -0.3 is 24.9 Å². The van der Waals surface area contributed by atoms with Crippen LogP contribution in [0.15, 0.2) is 0 Å². The number of rotatable bonds is 8. The molecule has 1 radical (unpaired) electrons. The van der Waals surface area contributed by atoms with E-state index in [4.69, 9.17) is 19.9 Å². The van der Waals surface area contributed by atoms with E-state index in [0.717, 1.165) is 93.6 Å². The van der Waals surface area contributed by atoms with Crippen molar-refractivity contribution in [2.45, 2.75) is 57.8 Å². The molecule has 0 saturated carbocycles. The molecule has 0 aromatic carbocycles. The third-order valence-corrected chi connectivity index (χ3v) is 7.46. The molecular formula is C25H40N8O2+. The monoisotopic (exact) mass is 484 g/mol. The molecule has 3 aliphatic rings. The summed E-state index contributed by atoms with van der Waals surface area (Å²) in [6.07, 6.45) is 10.7. The van der Waals surface area contributed by atoms with E-state index in [1.165, 1.54) is 32.1 Å². The van der Waals surface area contributed by atoms with Gasteiger partial charge in [-0.2, -0.15) is 15.0 Å². The van der Waals surface area contributed by atoms with E-state index in [1.54, 1.807) is 0 Å². The van der Waals surface area contributed by atoms with Gasteiger partial charge in [0, 0.05) is 39.3 Å². The normalized spacial score (nSPS) is 19.7. The van der Waals surface area contributed by atoms with E-state index in [9.17, 15) is 10.2 Å². The molecule has 0 atom stereocenters. The molecule has 3 saturated heterocycles. The van der Waals surface area contributed by atoms with Crippen LogP contribution in [0.5, 0.6) is 0 Å². The van der Waals surface area contributed by atoms with E-state index < -0.39 is 0 Å². The number of hydrogen-bond acceptors (Lipinski definition) is 10. The fraction of sp³-hybridized carbons (Fsp3) is 0.760. The zero-order valence-electron chi connectivity index (χ0n) is 20.9. The number of nitrogens with zero attached hydrogens (tertiary/aromatic N) is 8. The summed E-state index contributed by atoms with van der Waals surface area (Å²) >= 11 is 0. The van der Waals surface area contributed by atoms with Crippen molar-refractivity contribution in [3.8, 4) is 0 Å². The van der Waals surface area contributed by atoms with Gasteiger partial charge in [-0.05, 0) is 57.8 Å². The molecule has 5 heterocycles. The second-order valence-electron chi connectivity index (χ2n) is 9.97. The molecule has 2 aromatic rings. The Labute approximate surface area is 208 Å². The smallest absolute Gasteiger partial charge is 0.381 e. The highest BCUT2D eigenvalue weighted by Crippen LogP contribution is 2.35. The van der Waals surface area contributed by atoms with Crippen LogP contribution in [-0.4, -0.2) is 95.7 Å². The van der Waals surface area contributed by atoms with Crippen LogP contribution in [0.3, 0.4) is 0 Å². The van der Waals surface area contributed by atoms with Crippen LogP contribution < -0.4 is 19.6 Å². The fourth-order valence-corrected chi connectivity index (χ4v) is 5.55. The lowest BCUT2D eigenvalue weighted by molar-refractivity contribution is 0.239. The first-order valence-electron chi connectivity index (χ1n) is 13.6. The topological polar surface area (TPSA) is 108 Å². The maximum absolute atomic E-state index is 9.67. The summed E-state index contributed by atoms with van der Waals surface area (Å²) in [7, 11) is 0. The maximum Gasteiger partial charge on any atom is 0.381 e. The van der Waals surface area contributed by atoms with Crippen molar-refractivity contribution in [1.29, 1.82) is 0 Å². The second kappa shape index (κ2) is 11.6. The zero-order valence-corrected chi connectivity index (χ0v) is 20.9. The summed E-state index contributed by atoms with van der Waals surface area (Å²) in [4.78, 5) is 29.2. The molecule has 3 aliphatic heterocycles. The number of aliphatic hydroxyl groups is 2. The van der Waals surface area contributed by atoms with E-state index in [1.807, 2.05) is 4.90 Å². The van der Waals surface area contributed by atoms with Gasteiger partial charge in [0.15, 0.2) is 24.7 Å². The van der Waals surface area contributed by atoms with Gasteiger partial charge in [-0.1, -0.05) is 4.90 Å². The average Bonchev–Trinajstić information content (AvgIpc) is 2.93. The highest BCUT2D eigenvalue weighted by atomic mass is 16.3. The number of fused-ring (bicyclic) bond motifs is 1. The SMILES string of the molecule is OCC[N+](CCO)c1nc(N2CCCCC2)c2nc(N3CCCCC3)nc(N3CCCCC3)c2n1. The summed E-state index contributed by atoms with van der Waals surface area (Å²) in [5.41, 5.74) is 1.62. The maximum atomic E-state index is 9.67. The first kappa shape index (κ1) is 24.4. The Morgan fingerprint density at radius 1 is 0.543 bits per heavy atom. The minimum Gasteiger partial charge on any atom is -0.390 e. The predicted molar refractivity (Wildman–Crippen MR) is 139 cm³/mol. The van der Waals surface area contributed by atoms with E-state index in [2.05, 4.69) is 14.7 Å². The highest BCUT2D eigenvalue weighted by Gasteiger charge is 2.30. The summed E-state index contributed by atoms with van der Waals surface area (Å²) < 4.78 is 0. The number of aliphatic hydroxyl groups excluding tert-OH is 2. The van der Waals surface area contributed by atoms with Crippen molar-refractivity contribution >= 4 is 34.6 Å². The standard InChI is InChI=1S/C25H40N8O2/c34-18-16-33(17-19-35)25-27-21-20(23(29-25)31-12-6-2-7-13-31)26-24(32-14-8-3-9-15-32)28-22(21)30-10-4-1-5-11-30/h34-35H,1-19H2/q+1. The van der Waals surface area contributed by atoms with Gasteiger partial charge in [0.1, 0.15) is 11.0 Å². The molecule has 0 spiro atoms. The van der Waals surface area contributed by atoms with Crippen LogP contribution in [0.25, 0.3) is 11.0 Å². The van der Waals surface area contributed by atoms with Gasteiger partial charge in [0.2, 0.25) is 5.95 Å². The molecule has 2 aromatic heterocycles. The molecule has 2 N–H and O–H groups in total. The summed E-state index contributed by atoms with van der Waals surface area (Å²) in [6.45, 7) is 6.53. The molecule has 10 heteroatoms. The zero-order chi connectivity index (χ0) is 24.0. The summed E-state index contributed by atoms with van der Waals surface area (Å²) in [5.74, 6) is 3.11. The van der Waals surface area contributed by atoms with E-state index >= 15 is 0 Å². The lowest BCUT2D eigenvalue weighted by Gasteiger charge is -2.32. The lowest BCUT2D eigenvalue weighted by Crippen LogP contribution is -2.36. The minimum absolute atomic E-state index is 0.0240. The lowest BCUT2D eigenvalue weighted by atomic mass is 10.1. The Bertz CT molecular complexity index is 966. The molecular weight excluding hydrogens is 444 g/mol. The van der Waals surface area contributed by atoms with Crippen LogP contribution >= 0.6 is 0 Å². The predicted octanol–water partition coefficient (Wildman–Crippen LogP) is 2.15. The van der Waals surface area contributed by atoms with Crippen LogP contribution in [-0.2, 0) is 0 Å². The van der Waals surface area contributed by atoms with Crippen molar-refractivity contribution in [3.63, 3.8) is 0 Å². The highest BCUT2D eigenvalue weighted by molar-refractivity contribution is 5.95. The van der Waals surface area contributed by atoms with Gasteiger partial charge in [0.25, 0.3) is 0 Å². The molecule has 0 unspecified atom stereocenters. The molecule has 5 rings (SSSR count). The quantitative estimate of drug-likeness (QED) is 0.545.